The van der Waals surface area contributed by atoms with E-state index in [9.17, 15) is 0 Å². The zero-order valence-corrected chi connectivity index (χ0v) is 10.4. The third kappa shape index (κ3) is 2.83. The first-order valence-electron chi connectivity index (χ1n) is 5.71. The fourth-order valence-electron chi connectivity index (χ4n) is 1.60. The highest BCUT2D eigenvalue weighted by Gasteiger charge is 2.00. The van der Waals surface area contributed by atoms with Gasteiger partial charge in [-0.25, -0.2) is 0 Å². The maximum absolute atomic E-state index is 8.85. The van der Waals surface area contributed by atoms with Crippen LogP contribution in [0.4, 0.5) is 5.69 Å². The van der Waals surface area contributed by atoms with Gasteiger partial charge in [-0.3, -0.25) is 9.97 Å². The molecule has 1 aromatic carbocycles. The number of rotatable bonds is 3. The van der Waals surface area contributed by atoms with E-state index in [-0.39, 0.29) is 0 Å². The van der Waals surface area contributed by atoms with Crippen LogP contribution in [-0.4, -0.2) is 9.97 Å². The number of hydrogen-bond donors (Lipinski definition) is 1. The van der Waals surface area contributed by atoms with Gasteiger partial charge in [-0.2, -0.15) is 5.26 Å². The van der Waals surface area contributed by atoms with Gasteiger partial charge in [-0.15, -0.1) is 0 Å². The molecule has 0 radical (unpaired) electrons. The molecule has 4 nitrogen and oxygen atoms in total. The minimum absolute atomic E-state index is 0.624. The van der Waals surface area contributed by atoms with E-state index in [2.05, 4.69) is 21.4 Å². The summed E-state index contributed by atoms with van der Waals surface area (Å²) in [7, 11) is 0. The molecule has 2 aromatic rings. The molecule has 0 fully saturated rings. The van der Waals surface area contributed by atoms with Crippen LogP contribution < -0.4 is 5.32 Å². The summed E-state index contributed by atoms with van der Waals surface area (Å²) < 4.78 is 0. The van der Waals surface area contributed by atoms with Gasteiger partial charge in [0.1, 0.15) is 0 Å². The second-order valence-electron chi connectivity index (χ2n) is 4.14. The number of aromatic nitrogens is 2. The number of benzene rings is 1. The van der Waals surface area contributed by atoms with E-state index >= 15 is 0 Å². The molecule has 0 aliphatic carbocycles. The van der Waals surface area contributed by atoms with Crippen LogP contribution in [0.3, 0.4) is 0 Å². The SMILES string of the molecule is Cc1cnc(CNc2ccc(C#N)c(C)c2)cn1. The summed E-state index contributed by atoms with van der Waals surface area (Å²) in [5.74, 6) is 0. The molecule has 0 spiro atoms. The smallest absolute Gasteiger partial charge is 0.0994 e. The molecule has 1 N–H and O–H groups in total. The highest BCUT2D eigenvalue weighted by Crippen LogP contribution is 2.14. The summed E-state index contributed by atoms with van der Waals surface area (Å²) >= 11 is 0. The Balaban J connectivity index is 2.04. The van der Waals surface area contributed by atoms with Crippen LogP contribution in [0.5, 0.6) is 0 Å². The highest BCUT2D eigenvalue weighted by atomic mass is 14.9. The van der Waals surface area contributed by atoms with Crippen molar-refractivity contribution in [1.29, 1.82) is 5.26 Å². The van der Waals surface area contributed by atoms with Crippen molar-refractivity contribution in [1.82, 2.24) is 9.97 Å². The number of aryl methyl sites for hydroxylation is 2. The zero-order valence-electron chi connectivity index (χ0n) is 10.4. The lowest BCUT2D eigenvalue weighted by atomic mass is 10.1. The van der Waals surface area contributed by atoms with Crippen LogP contribution >= 0.6 is 0 Å². The molecule has 0 atom stereocenters. The summed E-state index contributed by atoms with van der Waals surface area (Å²) in [4.78, 5) is 8.46. The molecule has 0 bridgehead atoms. The Morgan fingerprint density at radius 1 is 1.22 bits per heavy atom. The molecular formula is C14H14N4. The van der Waals surface area contributed by atoms with Crippen LogP contribution in [0.2, 0.25) is 0 Å². The van der Waals surface area contributed by atoms with E-state index in [0.717, 1.165) is 22.6 Å². The van der Waals surface area contributed by atoms with Gasteiger partial charge in [0.25, 0.3) is 0 Å². The molecule has 2 rings (SSSR count). The highest BCUT2D eigenvalue weighted by molar-refractivity contribution is 5.51. The molecule has 1 heterocycles. The second-order valence-corrected chi connectivity index (χ2v) is 4.14. The Hall–Kier alpha value is -2.41. The molecule has 4 heteroatoms. The average molecular weight is 238 g/mol. The third-order valence-corrected chi connectivity index (χ3v) is 2.65. The molecule has 0 aliphatic heterocycles. The lowest BCUT2D eigenvalue weighted by Gasteiger charge is -2.07. The number of nitrogens with zero attached hydrogens (tertiary/aromatic N) is 3. The number of hydrogen-bond acceptors (Lipinski definition) is 4. The maximum atomic E-state index is 8.85. The molecule has 0 unspecified atom stereocenters. The molecule has 0 aliphatic rings. The van der Waals surface area contributed by atoms with Crippen molar-refractivity contribution < 1.29 is 0 Å². The van der Waals surface area contributed by atoms with Crippen molar-refractivity contribution in [3.8, 4) is 6.07 Å². The Bertz CT molecular complexity index is 582. The summed E-state index contributed by atoms with van der Waals surface area (Å²) in [6.07, 6.45) is 3.51. The van der Waals surface area contributed by atoms with E-state index in [1.807, 2.05) is 32.0 Å². The molecular weight excluding hydrogens is 224 g/mol. The minimum atomic E-state index is 0.624. The van der Waals surface area contributed by atoms with Crippen LogP contribution in [0.15, 0.2) is 30.6 Å². The number of nitriles is 1. The third-order valence-electron chi connectivity index (χ3n) is 2.65. The standard InChI is InChI=1S/C14H14N4/c1-10-5-13(4-3-12(10)6-15)18-9-14-8-16-11(2)7-17-14/h3-5,7-8,18H,9H2,1-2H3. The van der Waals surface area contributed by atoms with Crippen molar-refractivity contribution in [3.05, 3.63) is 53.1 Å². The Kier molecular flexibility index (Phi) is 3.54. The summed E-state index contributed by atoms with van der Waals surface area (Å²) in [6.45, 7) is 4.46. The number of nitrogens with one attached hydrogen (secondary N) is 1. The predicted octanol–water partition coefficient (Wildman–Crippen LogP) is 2.58. The van der Waals surface area contributed by atoms with Gasteiger partial charge in [0, 0.05) is 11.9 Å². The van der Waals surface area contributed by atoms with Crippen molar-refractivity contribution in [3.63, 3.8) is 0 Å². The van der Waals surface area contributed by atoms with E-state index < -0.39 is 0 Å². The minimum Gasteiger partial charge on any atom is -0.379 e. The maximum Gasteiger partial charge on any atom is 0.0994 e. The first-order valence-corrected chi connectivity index (χ1v) is 5.71. The van der Waals surface area contributed by atoms with Crippen LogP contribution in [0.25, 0.3) is 0 Å². The molecule has 1 aromatic heterocycles. The molecule has 0 saturated heterocycles. The van der Waals surface area contributed by atoms with Gasteiger partial charge in [0.15, 0.2) is 0 Å². The molecule has 90 valence electrons. The van der Waals surface area contributed by atoms with Gasteiger partial charge < -0.3 is 5.32 Å². The average Bonchev–Trinajstić information content (AvgIpc) is 2.38. The monoisotopic (exact) mass is 238 g/mol. The predicted molar refractivity (Wildman–Crippen MR) is 70.0 cm³/mol. The van der Waals surface area contributed by atoms with Gasteiger partial charge in [0.05, 0.1) is 35.8 Å². The molecule has 0 amide bonds. The Morgan fingerprint density at radius 3 is 2.67 bits per heavy atom. The first kappa shape index (κ1) is 12.1. The summed E-state index contributed by atoms with van der Waals surface area (Å²) in [5, 5.41) is 12.1. The molecule has 0 saturated carbocycles. The van der Waals surface area contributed by atoms with Gasteiger partial charge >= 0.3 is 0 Å². The molecule has 18 heavy (non-hydrogen) atoms. The fourth-order valence-corrected chi connectivity index (χ4v) is 1.60. The van der Waals surface area contributed by atoms with Crippen LogP contribution in [0, 0.1) is 25.2 Å². The van der Waals surface area contributed by atoms with E-state index in [4.69, 9.17) is 5.26 Å². The van der Waals surface area contributed by atoms with E-state index in [1.54, 1.807) is 12.4 Å². The van der Waals surface area contributed by atoms with Crippen LogP contribution in [-0.2, 0) is 6.54 Å². The van der Waals surface area contributed by atoms with Gasteiger partial charge in [-0.1, -0.05) is 0 Å². The van der Waals surface area contributed by atoms with Crippen molar-refractivity contribution >= 4 is 5.69 Å². The normalized spacial score (nSPS) is 9.83. The van der Waals surface area contributed by atoms with Gasteiger partial charge in [-0.05, 0) is 37.6 Å². The first-order chi connectivity index (χ1) is 8.69. The van der Waals surface area contributed by atoms with Crippen molar-refractivity contribution in [2.75, 3.05) is 5.32 Å². The Morgan fingerprint density at radius 2 is 2.06 bits per heavy atom. The van der Waals surface area contributed by atoms with Crippen molar-refractivity contribution in [2.24, 2.45) is 0 Å². The lowest BCUT2D eigenvalue weighted by Crippen LogP contribution is -2.03. The quantitative estimate of drug-likeness (QED) is 0.892. The summed E-state index contributed by atoms with van der Waals surface area (Å²) in [5.41, 5.74) is 4.46. The second kappa shape index (κ2) is 5.28. The van der Waals surface area contributed by atoms with E-state index in [1.165, 1.54) is 0 Å². The lowest BCUT2D eigenvalue weighted by molar-refractivity contribution is 0.984. The van der Waals surface area contributed by atoms with Crippen LogP contribution in [0.1, 0.15) is 22.5 Å². The van der Waals surface area contributed by atoms with Crippen molar-refractivity contribution in [2.45, 2.75) is 20.4 Å². The zero-order chi connectivity index (χ0) is 13.0. The largest absolute Gasteiger partial charge is 0.379 e. The Labute approximate surface area is 106 Å². The topological polar surface area (TPSA) is 61.6 Å². The number of anilines is 1. The van der Waals surface area contributed by atoms with E-state index in [0.29, 0.717) is 12.1 Å². The van der Waals surface area contributed by atoms with Gasteiger partial charge in [0.2, 0.25) is 0 Å². The fraction of sp³-hybridized carbons (Fsp3) is 0.214. The summed E-state index contributed by atoms with van der Waals surface area (Å²) in [6, 6.07) is 7.82.